The topological polar surface area (TPSA) is 29.1 Å². The Morgan fingerprint density at radius 3 is 2.32 bits per heavy atom. The molecule has 2 atom stereocenters. The highest BCUT2D eigenvalue weighted by Crippen LogP contribution is 2.27. The van der Waals surface area contributed by atoms with Crippen LogP contribution in [0, 0.1) is 11.7 Å². The summed E-state index contributed by atoms with van der Waals surface area (Å²) in [5, 5.41) is 2.97. The summed E-state index contributed by atoms with van der Waals surface area (Å²) in [5.74, 6) is -0.149. The summed E-state index contributed by atoms with van der Waals surface area (Å²) in [6.07, 6.45) is 0.934. The maximum absolute atomic E-state index is 12.9. The summed E-state index contributed by atoms with van der Waals surface area (Å²) in [5.41, 5.74) is 1.93. The molecule has 0 unspecified atom stereocenters. The van der Waals surface area contributed by atoms with Gasteiger partial charge in [-0.05, 0) is 29.2 Å². The van der Waals surface area contributed by atoms with Gasteiger partial charge in [-0.3, -0.25) is 4.79 Å². The van der Waals surface area contributed by atoms with Crippen molar-refractivity contribution in [3.05, 3.63) is 71.5 Å². The van der Waals surface area contributed by atoms with Gasteiger partial charge in [0.2, 0.25) is 5.91 Å². The Morgan fingerprint density at radius 1 is 1.09 bits per heavy atom. The van der Waals surface area contributed by atoms with E-state index < -0.39 is 0 Å². The molecule has 0 saturated heterocycles. The Balaban J connectivity index is 2.07. The number of rotatable bonds is 6. The van der Waals surface area contributed by atoms with Gasteiger partial charge in [-0.15, -0.1) is 0 Å². The van der Waals surface area contributed by atoms with E-state index in [1.165, 1.54) is 12.1 Å². The Bertz CT molecular complexity index is 595. The van der Waals surface area contributed by atoms with Gasteiger partial charge in [0.25, 0.3) is 0 Å². The van der Waals surface area contributed by atoms with Gasteiger partial charge in [-0.25, -0.2) is 4.39 Å². The standard InChI is InChI=1S/C19H22FNO/c1-3-14(2)18(16-7-5-4-6-8-16)19(22)21-13-15-9-11-17(20)12-10-15/h4-12,14,18H,3,13H2,1-2H3,(H,21,22)/t14-,18+/m0/s1. The summed E-state index contributed by atoms with van der Waals surface area (Å²) >= 11 is 0. The third-order valence-electron chi connectivity index (χ3n) is 4.03. The number of benzene rings is 2. The summed E-state index contributed by atoms with van der Waals surface area (Å²) < 4.78 is 12.9. The van der Waals surface area contributed by atoms with Crippen molar-refractivity contribution >= 4 is 5.91 Å². The second kappa shape index (κ2) is 7.74. The molecule has 2 aromatic rings. The van der Waals surface area contributed by atoms with Crippen molar-refractivity contribution in [2.24, 2.45) is 5.92 Å². The van der Waals surface area contributed by atoms with Crippen LogP contribution in [0.1, 0.15) is 37.3 Å². The fraction of sp³-hybridized carbons (Fsp3) is 0.316. The zero-order chi connectivity index (χ0) is 15.9. The molecule has 0 bridgehead atoms. The molecule has 0 aliphatic heterocycles. The van der Waals surface area contributed by atoms with Crippen LogP contribution >= 0.6 is 0 Å². The zero-order valence-electron chi connectivity index (χ0n) is 13.1. The molecular formula is C19H22FNO. The van der Waals surface area contributed by atoms with E-state index in [1.807, 2.05) is 30.3 Å². The smallest absolute Gasteiger partial charge is 0.228 e. The van der Waals surface area contributed by atoms with Crippen LogP contribution in [0.3, 0.4) is 0 Å². The van der Waals surface area contributed by atoms with E-state index in [4.69, 9.17) is 0 Å². The molecule has 0 spiro atoms. The molecule has 0 aliphatic carbocycles. The van der Waals surface area contributed by atoms with Crippen molar-refractivity contribution in [3.63, 3.8) is 0 Å². The molecule has 0 aliphatic rings. The minimum absolute atomic E-state index is 0.0184. The molecule has 1 amide bonds. The van der Waals surface area contributed by atoms with Crippen LogP contribution in [0.25, 0.3) is 0 Å². The largest absolute Gasteiger partial charge is 0.351 e. The molecule has 1 N–H and O–H groups in total. The molecule has 2 rings (SSSR count). The Labute approximate surface area is 131 Å². The third-order valence-corrected chi connectivity index (χ3v) is 4.03. The van der Waals surface area contributed by atoms with Gasteiger partial charge in [0, 0.05) is 6.54 Å². The van der Waals surface area contributed by atoms with Crippen molar-refractivity contribution < 1.29 is 9.18 Å². The van der Waals surface area contributed by atoms with E-state index in [9.17, 15) is 9.18 Å². The lowest BCUT2D eigenvalue weighted by Gasteiger charge is -2.22. The number of carbonyl (C=O) groups is 1. The van der Waals surface area contributed by atoms with Crippen LogP contribution in [0.15, 0.2) is 54.6 Å². The van der Waals surface area contributed by atoms with E-state index in [0.717, 1.165) is 17.5 Å². The van der Waals surface area contributed by atoms with Gasteiger partial charge in [0.15, 0.2) is 0 Å². The molecule has 0 heterocycles. The SMILES string of the molecule is CC[C@H](C)[C@@H](C(=O)NCc1ccc(F)cc1)c1ccccc1. The predicted octanol–water partition coefficient (Wildman–Crippen LogP) is 4.27. The number of nitrogens with one attached hydrogen (secondary N) is 1. The molecule has 3 heteroatoms. The molecule has 0 radical (unpaired) electrons. The fourth-order valence-electron chi connectivity index (χ4n) is 2.54. The maximum atomic E-state index is 12.9. The third kappa shape index (κ3) is 4.17. The molecular weight excluding hydrogens is 277 g/mol. The first-order valence-corrected chi connectivity index (χ1v) is 7.69. The molecule has 2 nitrogen and oxygen atoms in total. The number of carbonyl (C=O) groups excluding carboxylic acids is 1. The van der Waals surface area contributed by atoms with Crippen molar-refractivity contribution in [3.8, 4) is 0 Å². The average Bonchev–Trinajstić information content (AvgIpc) is 2.55. The van der Waals surface area contributed by atoms with Crippen molar-refractivity contribution in [1.29, 1.82) is 0 Å². The summed E-state index contributed by atoms with van der Waals surface area (Å²) in [4.78, 5) is 12.6. The summed E-state index contributed by atoms with van der Waals surface area (Å²) in [6, 6.07) is 16.1. The van der Waals surface area contributed by atoms with Crippen LogP contribution in [-0.2, 0) is 11.3 Å². The zero-order valence-corrected chi connectivity index (χ0v) is 13.1. The highest BCUT2D eigenvalue weighted by molar-refractivity contribution is 5.83. The van der Waals surface area contributed by atoms with Gasteiger partial charge >= 0.3 is 0 Å². The second-order valence-corrected chi connectivity index (χ2v) is 5.62. The lowest BCUT2D eigenvalue weighted by atomic mass is 9.85. The lowest BCUT2D eigenvalue weighted by Crippen LogP contribution is -2.32. The second-order valence-electron chi connectivity index (χ2n) is 5.62. The molecule has 22 heavy (non-hydrogen) atoms. The minimum Gasteiger partial charge on any atom is -0.351 e. The first-order valence-electron chi connectivity index (χ1n) is 7.69. The van der Waals surface area contributed by atoms with Gasteiger partial charge < -0.3 is 5.32 Å². The van der Waals surface area contributed by atoms with Gasteiger partial charge in [0.05, 0.1) is 5.92 Å². The number of halogens is 1. The Kier molecular flexibility index (Phi) is 5.70. The highest BCUT2D eigenvalue weighted by atomic mass is 19.1. The van der Waals surface area contributed by atoms with Crippen molar-refractivity contribution in [2.75, 3.05) is 0 Å². The Hall–Kier alpha value is -2.16. The molecule has 116 valence electrons. The average molecular weight is 299 g/mol. The maximum Gasteiger partial charge on any atom is 0.228 e. The fourth-order valence-corrected chi connectivity index (χ4v) is 2.54. The summed E-state index contributed by atoms with van der Waals surface area (Å²) in [6.45, 7) is 4.60. The molecule has 0 fully saturated rings. The molecule has 2 aromatic carbocycles. The minimum atomic E-state index is -0.267. The van der Waals surface area contributed by atoms with E-state index in [0.29, 0.717) is 6.54 Å². The first-order chi connectivity index (χ1) is 10.6. The van der Waals surface area contributed by atoms with E-state index in [-0.39, 0.29) is 23.6 Å². The predicted molar refractivity (Wildman–Crippen MR) is 86.9 cm³/mol. The van der Waals surface area contributed by atoms with Crippen LogP contribution in [0.5, 0.6) is 0 Å². The van der Waals surface area contributed by atoms with E-state index in [1.54, 1.807) is 12.1 Å². The van der Waals surface area contributed by atoms with Crippen molar-refractivity contribution in [2.45, 2.75) is 32.7 Å². The van der Waals surface area contributed by atoms with Gasteiger partial charge in [-0.2, -0.15) is 0 Å². The lowest BCUT2D eigenvalue weighted by molar-refractivity contribution is -0.123. The van der Waals surface area contributed by atoms with Crippen molar-refractivity contribution in [1.82, 2.24) is 5.32 Å². The molecule has 0 saturated carbocycles. The van der Waals surface area contributed by atoms with Crippen LogP contribution in [-0.4, -0.2) is 5.91 Å². The number of amides is 1. The molecule has 0 aromatic heterocycles. The summed E-state index contributed by atoms with van der Waals surface area (Å²) in [7, 11) is 0. The van der Waals surface area contributed by atoms with Crippen LogP contribution in [0.2, 0.25) is 0 Å². The number of hydrogen-bond acceptors (Lipinski definition) is 1. The monoisotopic (exact) mass is 299 g/mol. The van der Waals surface area contributed by atoms with Crippen LogP contribution < -0.4 is 5.32 Å². The quantitative estimate of drug-likeness (QED) is 0.848. The van der Waals surface area contributed by atoms with Gasteiger partial charge in [-0.1, -0.05) is 62.7 Å². The van der Waals surface area contributed by atoms with Gasteiger partial charge in [0.1, 0.15) is 5.82 Å². The Morgan fingerprint density at radius 2 is 1.73 bits per heavy atom. The van der Waals surface area contributed by atoms with E-state index >= 15 is 0 Å². The number of hydrogen-bond donors (Lipinski definition) is 1. The normalized spacial score (nSPS) is 13.4. The highest BCUT2D eigenvalue weighted by Gasteiger charge is 2.25. The first kappa shape index (κ1) is 16.2. The van der Waals surface area contributed by atoms with E-state index in [2.05, 4.69) is 19.2 Å². The van der Waals surface area contributed by atoms with Crippen LogP contribution in [0.4, 0.5) is 4.39 Å².